The molecule has 1 unspecified atom stereocenters. The smallest absolute Gasteiger partial charge is 0.217 e. The van der Waals surface area contributed by atoms with E-state index in [0.29, 0.717) is 0 Å². The lowest BCUT2D eigenvalue weighted by atomic mass is 10.1. The molecule has 1 aliphatic heterocycles. The van der Waals surface area contributed by atoms with Gasteiger partial charge in [-0.1, -0.05) is 0 Å². The van der Waals surface area contributed by atoms with Crippen LogP contribution in [-0.4, -0.2) is 53.1 Å². The van der Waals surface area contributed by atoms with Gasteiger partial charge in [-0.05, 0) is 0 Å². The summed E-state index contributed by atoms with van der Waals surface area (Å²) in [7, 11) is 0. The summed E-state index contributed by atoms with van der Waals surface area (Å²) in [4.78, 5) is 21.5. The van der Waals surface area contributed by atoms with Crippen LogP contribution in [0, 0.1) is 0 Å². The Balaban J connectivity index is 2.52. The van der Waals surface area contributed by atoms with E-state index in [1.165, 1.54) is 13.8 Å². The largest absolute Gasteiger partial charge is 0.388 e. The molecular weight excluding hydrogens is 216 g/mol. The maximum absolute atomic E-state index is 10.8. The van der Waals surface area contributed by atoms with E-state index >= 15 is 0 Å². The van der Waals surface area contributed by atoms with Crippen molar-refractivity contribution >= 4 is 11.8 Å². The van der Waals surface area contributed by atoms with Gasteiger partial charge in [-0.25, -0.2) is 0 Å². The van der Waals surface area contributed by atoms with Crippen LogP contribution in [-0.2, 0) is 14.3 Å². The summed E-state index contributed by atoms with van der Waals surface area (Å²) in [6, 6.07) is -0.865. The zero-order chi connectivity index (χ0) is 12.3. The third-order valence-corrected chi connectivity index (χ3v) is 2.29. The molecule has 1 fully saturated rings. The highest BCUT2D eigenvalue weighted by Crippen LogP contribution is 2.19. The van der Waals surface area contributed by atoms with Crippen LogP contribution in [0.3, 0.4) is 0 Å². The van der Waals surface area contributed by atoms with E-state index in [1.54, 1.807) is 0 Å². The fourth-order valence-corrected chi connectivity index (χ4v) is 1.55. The van der Waals surface area contributed by atoms with Gasteiger partial charge in [0.05, 0.1) is 0 Å². The molecule has 0 saturated carbocycles. The van der Waals surface area contributed by atoms with Gasteiger partial charge in [-0.2, -0.15) is 0 Å². The molecule has 1 heterocycles. The number of carbonyl (C=O) groups is 2. The molecule has 0 bridgehead atoms. The molecule has 1 saturated heterocycles. The zero-order valence-electron chi connectivity index (χ0n) is 9.14. The quantitative estimate of drug-likeness (QED) is 0.438. The average Bonchev–Trinajstić information content (AvgIpc) is 2.42. The molecule has 0 aromatic heterocycles. The summed E-state index contributed by atoms with van der Waals surface area (Å²) < 4.78 is 5.01. The minimum atomic E-state index is -1.27. The van der Waals surface area contributed by atoms with Gasteiger partial charge in [0.1, 0.15) is 18.2 Å². The molecule has 7 nitrogen and oxygen atoms in total. The SMILES string of the molecule is CC(=O)NC[C@H]1OC(O)[C@H](NC(C)=O)[C@H]1O. The lowest BCUT2D eigenvalue weighted by Gasteiger charge is -2.18. The van der Waals surface area contributed by atoms with Gasteiger partial charge in [0, 0.05) is 20.4 Å². The molecule has 1 aliphatic rings. The van der Waals surface area contributed by atoms with Gasteiger partial charge in [-0.3, -0.25) is 9.59 Å². The second kappa shape index (κ2) is 5.24. The predicted molar refractivity (Wildman–Crippen MR) is 53.2 cm³/mol. The van der Waals surface area contributed by atoms with Gasteiger partial charge in [0.15, 0.2) is 6.29 Å². The first-order chi connectivity index (χ1) is 7.41. The molecule has 0 aromatic carbocycles. The number of ether oxygens (including phenoxy) is 1. The predicted octanol–water partition coefficient (Wildman–Crippen LogP) is -2.29. The topological polar surface area (TPSA) is 108 Å². The standard InChI is InChI=1S/C9H16N2O5/c1-4(12)10-3-6-8(14)7(9(15)16-6)11-5(2)13/h6-9,14-15H,3H2,1-2H3,(H,10,12)(H,11,13)/t6-,7-,8+,9?/m1/s1. The Kier molecular flexibility index (Phi) is 4.22. The van der Waals surface area contributed by atoms with Crippen molar-refractivity contribution in [2.75, 3.05) is 6.54 Å². The van der Waals surface area contributed by atoms with Crippen LogP contribution >= 0.6 is 0 Å². The average molecular weight is 232 g/mol. The molecule has 0 aromatic rings. The van der Waals surface area contributed by atoms with E-state index in [1.807, 2.05) is 0 Å². The molecule has 1 rings (SSSR count). The monoisotopic (exact) mass is 232 g/mol. The summed E-state index contributed by atoms with van der Waals surface area (Å²) in [6.45, 7) is 2.70. The molecular formula is C9H16N2O5. The number of hydrogen-bond donors (Lipinski definition) is 4. The van der Waals surface area contributed by atoms with E-state index in [2.05, 4.69) is 10.6 Å². The van der Waals surface area contributed by atoms with E-state index in [9.17, 15) is 19.8 Å². The maximum atomic E-state index is 10.8. The first-order valence-corrected chi connectivity index (χ1v) is 4.95. The third-order valence-electron chi connectivity index (χ3n) is 2.29. The van der Waals surface area contributed by atoms with E-state index < -0.39 is 24.5 Å². The Morgan fingerprint density at radius 3 is 2.38 bits per heavy atom. The van der Waals surface area contributed by atoms with E-state index in [-0.39, 0.29) is 18.4 Å². The molecule has 0 aliphatic carbocycles. The van der Waals surface area contributed by atoms with Gasteiger partial charge < -0.3 is 25.6 Å². The highest BCUT2D eigenvalue weighted by molar-refractivity contribution is 5.73. The summed E-state index contributed by atoms with van der Waals surface area (Å²) in [5.41, 5.74) is 0. The van der Waals surface area contributed by atoms with Crippen LogP contribution in [0.1, 0.15) is 13.8 Å². The van der Waals surface area contributed by atoms with Crippen molar-refractivity contribution in [3.63, 3.8) is 0 Å². The lowest BCUT2D eigenvalue weighted by molar-refractivity contribution is -0.126. The van der Waals surface area contributed by atoms with Crippen molar-refractivity contribution in [2.45, 2.75) is 38.4 Å². The van der Waals surface area contributed by atoms with Crippen molar-refractivity contribution in [3.05, 3.63) is 0 Å². The second-order valence-electron chi connectivity index (χ2n) is 3.72. The zero-order valence-corrected chi connectivity index (χ0v) is 9.14. The molecule has 92 valence electrons. The van der Waals surface area contributed by atoms with Crippen LogP contribution in [0.5, 0.6) is 0 Å². The molecule has 7 heteroatoms. The molecule has 2 amide bonds. The van der Waals surface area contributed by atoms with Gasteiger partial charge in [0.25, 0.3) is 0 Å². The summed E-state index contributed by atoms with van der Waals surface area (Å²) in [5.74, 6) is -0.625. The summed E-state index contributed by atoms with van der Waals surface area (Å²) in [6.07, 6.45) is -3.04. The van der Waals surface area contributed by atoms with Crippen molar-refractivity contribution < 1.29 is 24.5 Å². The minimum Gasteiger partial charge on any atom is -0.388 e. The second-order valence-corrected chi connectivity index (χ2v) is 3.72. The number of hydrogen-bond acceptors (Lipinski definition) is 5. The van der Waals surface area contributed by atoms with E-state index in [0.717, 1.165) is 0 Å². The van der Waals surface area contributed by atoms with Gasteiger partial charge >= 0.3 is 0 Å². The lowest BCUT2D eigenvalue weighted by Crippen LogP contribution is -2.48. The maximum Gasteiger partial charge on any atom is 0.217 e. The highest BCUT2D eigenvalue weighted by Gasteiger charge is 2.43. The summed E-state index contributed by atoms with van der Waals surface area (Å²) in [5, 5.41) is 24.0. The molecule has 4 N–H and O–H groups in total. The van der Waals surface area contributed by atoms with Crippen LogP contribution in [0.25, 0.3) is 0 Å². The Hall–Kier alpha value is -1.18. The van der Waals surface area contributed by atoms with Crippen molar-refractivity contribution in [3.8, 4) is 0 Å². The highest BCUT2D eigenvalue weighted by atomic mass is 16.6. The fraction of sp³-hybridized carbons (Fsp3) is 0.778. The van der Waals surface area contributed by atoms with Gasteiger partial charge in [-0.15, -0.1) is 0 Å². The molecule has 16 heavy (non-hydrogen) atoms. The van der Waals surface area contributed by atoms with Crippen LogP contribution < -0.4 is 10.6 Å². The third kappa shape index (κ3) is 3.16. The Bertz CT molecular complexity index is 283. The van der Waals surface area contributed by atoms with E-state index in [4.69, 9.17) is 4.74 Å². The number of amides is 2. The van der Waals surface area contributed by atoms with Crippen LogP contribution in [0.2, 0.25) is 0 Å². The van der Waals surface area contributed by atoms with Crippen molar-refractivity contribution in [1.82, 2.24) is 10.6 Å². The van der Waals surface area contributed by atoms with Crippen LogP contribution in [0.15, 0.2) is 0 Å². The number of aliphatic hydroxyl groups is 2. The van der Waals surface area contributed by atoms with Crippen molar-refractivity contribution in [1.29, 1.82) is 0 Å². The Labute approximate surface area is 92.8 Å². The Morgan fingerprint density at radius 1 is 1.25 bits per heavy atom. The molecule has 0 radical (unpaired) electrons. The number of aliphatic hydroxyl groups excluding tert-OH is 2. The number of rotatable bonds is 3. The number of carbonyl (C=O) groups excluding carboxylic acids is 2. The van der Waals surface area contributed by atoms with Crippen molar-refractivity contribution in [2.24, 2.45) is 0 Å². The first-order valence-electron chi connectivity index (χ1n) is 4.95. The number of nitrogens with one attached hydrogen (secondary N) is 2. The summed E-state index contributed by atoms with van der Waals surface area (Å²) >= 11 is 0. The fourth-order valence-electron chi connectivity index (χ4n) is 1.55. The van der Waals surface area contributed by atoms with Crippen LogP contribution in [0.4, 0.5) is 0 Å². The first kappa shape index (κ1) is 12.9. The van der Waals surface area contributed by atoms with Gasteiger partial charge in [0.2, 0.25) is 11.8 Å². The normalized spacial score (nSPS) is 33.5. The molecule has 0 spiro atoms. The Morgan fingerprint density at radius 2 is 1.88 bits per heavy atom. The molecule has 4 atom stereocenters. The minimum absolute atomic E-state index is 0.0869.